The fourth-order valence-electron chi connectivity index (χ4n) is 1.18. The van der Waals surface area contributed by atoms with Crippen molar-refractivity contribution in [3.8, 4) is 0 Å². The number of hydrogen-bond donors (Lipinski definition) is 0. The molecule has 1 aliphatic rings. The molecule has 10 heavy (non-hydrogen) atoms. The summed E-state index contributed by atoms with van der Waals surface area (Å²) < 4.78 is 12.8. The molecule has 0 aliphatic heterocycles. The van der Waals surface area contributed by atoms with E-state index in [2.05, 4.69) is 6.92 Å². The Morgan fingerprint density at radius 1 is 1.50 bits per heavy atom. The standard InChI is InChI=1S/C9H13F/c1-6-4-8(3)9(10)5-7(6)2/h5-6H,4H2,1-3H3. The van der Waals surface area contributed by atoms with Crippen LogP contribution in [0.1, 0.15) is 27.2 Å². The molecule has 0 saturated heterocycles. The molecule has 0 fully saturated rings. The van der Waals surface area contributed by atoms with Gasteiger partial charge in [-0.05, 0) is 37.8 Å². The van der Waals surface area contributed by atoms with E-state index in [1.54, 1.807) is 6.08 Å². The molecule has 1 unspecified atom stereocenters. The first-order chi connectivity index (χ1) is 4.61. The fourth-order valence-corrected chi connectivity index (χ4v) is 1.18. The van der Waals surface area contributed by atoms with Gasteiger partial charge in [0, 0.05) is 0 Å². The van der Waals surface area contributed by atoms with E-state index in [1.165, 1.54) is 0 Å². The van der Waals surface area contributed by atoms with Crippen molar-refractivity contribution in [2.75, 3.05) is 0 Å². The number of halogens is 1. The highest BCUT2D eigenvalue weighted by molar-refractivity contribution is 5.28. The lowest BCUT2D eigenvalue weighted by Gasteiger charge is -2.17. The van der Waals surface area contributed by atoms with Crippen LogP contribution >= 0.6 is 0 Å². The van der Waals surface area contributed by atoms with Gasteiger partial charge in [-0.25, -0.2) is 4.39 Å². The average molecular weight is 140 g/mol. The van der Waals surface area contributed by atoms with Crippen LogP contribution in [-0.2, 0) is 0 Å². The molecule has 0 amide bonds. The molecule has 1 heteroatoms. The van der Waals surface area contributed by atoms with Gasteiger partial charge in [0.15, 0.2) is 0 Å². The maximum absolute atomic E-state index is 12.8. The molecular formula is C9H13F. The molecule has 1 aliphatic carbocycles. The van der Waals surface area contributed by atoms with Crippen LogP contribution in [-0.4, -0.2) is 0 Å². The third-order valence-corrected chi connectivity index (χ3v) is 2.15. The van der Waals surface area contributed by atoms with Crippen LogP contribution in [0.25, 0.3) is 0 Å². The molecule has 56 valence electrons. The van der Waals surface area contributed by atoms with E-state index in [1.807, 2.05) is 13.8 Å². The van der Waals surface area contributed by atoms with Crippen LogP contribution < -0.4 is 0 Å². The molecule has 0 radical (unpaired) electrons. The Hall–Kier alpha value is -0.590. The van der Waals surface area contributed by atoms with Gasteiger partial charge < -0.3 is 0 Å². The Morgan fingerprint density at radius 3 is 2.60 bits per heavy atom. The van der Waals surface area contributed by atoms with Crippen molar-refractivity contribution in [3.05, 3.63) is 23.0 Å². The van der Waals surface area contributed by atoms with Gasteiger partial charge in [-0.3, -0.25) is 0 Å². The van der Waals surface area contributed by atoms with Gasteiger partial charge in [0.1, 0.15) is 5.83 Å². The maximum atomic E-state index is 12.8. The molecule has 0 aromatic heterocycles. The van der Waals surface area contributed by atoms with E-state index in [0.717, 1.165) is 17.6 Å². The van der Waals surface area contributed by atoms with Crippen LogP contribution in [0.15, 0.2) is 23.0 Å². The highest BCUT2D eigenvalue weighted by Gasteiger charge is 2.13. The second-order valence-corrected chi connectivity index (χ2v) is 3.12. The van der Waals surface area contributed by atoms with Crippen molar-refractivity contribution >= 4 is 0 Å². The topological polar surface area (TPSA) is 0 Å². The Labute approximate surface area is 61.4 Å². The fraction of sp³-hybridized carbons (Fsp3) is 0.556. The predicted octanol–water partition coefficient (Wildman–Crippen LogP) is 3.22. The summed E-state index contributed by atoms with van der Waals surface area (Å²) >= 11 is 0. The minimum atomic E-state index is -0.0319. The van der Waals surface area contributed by atoms with Gasteiger partial charge in [-0.15, -0.1) is 0 Å². The van der Waals surface area contributed by atoms with Gasteiger partial charge in [0.25, 0.3) is 0 Å². The molecule has 0 aromatic rings. The van der Waals surface area contributed by atoms with Crippen molar-refractivity contribution in [1.29, 1.82) is 0 Å². The zero-order valence-corrected chi connectivity index (χ0v) is 6.74. The number of allylic oxidation sites excluding steroid dienone is 4. The van der Waals surface area contributed by atoms with E-state index >= 15 is 0 Å². The average Bonchev–Trinajstić information content (AvgIpc) is 1.84. The SMILES string of the molecule is CC1=CC(F)=C(C)CC1C. The van der Waals surface area contributed by atoms with E-state index in [-0.39, 0.29) is 5.83 Å². The van der Waals surface area contributed by atoms with E-state index in [9.17, 15) is 4.39 Å². The lowest BCUT2D eigenvalue weighted by atomic mass is 9.90. The highest BCUT2D eigenvalue weighted by atomic mass is 19.1. The number of rotatable bonds is 0. The second-order valence-electron chi connectivity index (χ2n) is 3.12. The molecule has 1 atom stereocenters. The summed E-state index contributed by atoms with van der Waals surface area (Å²) in [5.74, 6) is 0.495. The van der Waals surface area contributed by atoms with Gasteiger partial charge in [0.2, 0.25) is 0 Å². The Bertz CT molecular complexity index is 199. The van der Waals surface area contributed by atoms with Crippen LogP contribution in [0, 0.1) is 5.92 Å². The van der Waals surface area contributed by atoms with E-state index in [0.29, 0.717) is 5.92 Å². The van der Waals surface area contributed by atoms with Crippen molar-refractivity contribution < 1.29 is 4.39 Å². The van der Waals surface area contributed by atoms with Crippen LogP contribution in [0.2, 0.25) is 0 Å². The van der Waals surface area contributed by atoms with Crippen molar-refractivity contribution in [2.24, 2.45) is 5.92 Å². The van der Waals surface area contributed by atoms with Crippen molar-refractivity contribution in [2.45, 2.75) is 27.2 Å². The molecule has 0 aromatic carbocycles. The van der Waals surface area contributed by atoms with Crippen LogP contribution in [0.3, 0.4) is 0 Å². The second kappa shape index (κ2) is 2.57. The molecule has 1 rings (SSSR count). The van der Waals surface area contributed by atoms with Gasteiger partial charge in [-0.1, -0.05) is 12.5 Å². The van der Waals surface area contributed by atoms with Crippen LogP contribution in [0.4, 0.5) is 4.39 Å². The Balaban J connectivity index is 2.88. The first kappa shape index (κ1) is 7.52. The molecule has 0 nitrogen and oxygen atoms in total. The molecule has 0 saturated carbocycles. The zero-order valence-electron chi connectivity index (χ0n) is 6.74. The third-order valence-electron chi connectivity index (χ3n) is 2.15. The Kier molecular flexibility index (Phi) is 1.93. The summed E-state index contributed by atoms with van der Waals surface area (Å²) in [6.07, 6.45) is 2.53. The zero-order chi connectivity index (χ0) is 7.72. The summed E-state index contributed by atoms with van der Waals surface area (Å²) in [4.78, 5) is 0. The Morgan fingerprint density at radius 2 is 2.10 bits per heavy atom. The molecule has 0 spiro atoms. The summed E-state index contributed by atoms with van der Waals surface area (Å²) in [6, 6.07) is 0. The summed E-state index contributed by atoms with van der Waals surface area (Å²) in [5.41, 5.74) is 2.04. The van der Waals surface area contributed by atoms with Crippen molar-refractivity contribution in [3.63, 3.8) is 0 Å². The summed E-state index contributed by atoms with van der Waals surface area (Å²) in [5, 5.41) is 0. The third kappa shape index (κ3) is 1.28. The number of hydrogen-bond acceptors (Lipinski definition) is 0. The first-order valence-corrected chi connectivity index (χ1v) is 3.64. The van der Waals surface area contributed by atoms with Gasteiger partial charge in [0.05, 0.1) is 0 Å². The largest absolute Gasteiger partial charge is 0.207 e. The minimum absolute atomic E-state index is 0.0319. The van der Waals surface area contributed by atoms with E-state index in [4.69, 9.17) is 0 Å². The van der Waals surface area contributed by atoms with Crippen LogP contribution in [0.5, 0.6) is 0 Å². The normalized spacial score (nSPS) is 26.8. The van der Waals surface area contributed by atoms with E-state index < -0.39 is 0 Å². The highest BCUT2D eigenvalue weighted by Crippen LogP contribution is 2.28. The van der Waals surface area contributed by atoms with Gasteiger partial charge >= 0.3 is 0 Å². The van der Waals surface area contributed by atoms with Crippen molar-refractivity contribution in [1.82, 2.24) is 0 Å². The first-order valence-electron chi connectivity index (χ1n) is 3.64. The van der Waals surface area contributed by atoms with Gasteiger partial charge in [-0.2, -0.15) is 0 Å². The lowest BCUT2D eigenvalue weighted by molar-refractivity contribution is 0.581. The lowest BCUT2D eigenvalue weighted by Crippen LogP contribution is -2.03. The maximum Gasteiger partial charge on any atom is 0.122 e. The predicted molar refractivity (Wildman–Crippen MR) is 41.3 cm³/mol. The summed E-state index contributed by atoms with van der Waals surface area (Å²) in [7, 11) is 0. The minimum Gasteiger partial charge on any atom is -0.207 e. The molecule has 0 N–H and O–H groups in total. The molecule has 0 bridgehead atoms. The smallest absolute Gasteiger partial charge is 0.122 e. The quantitative estimate of drug-likeness (QED) is 0.484. The monoisotopic (exact) mass is 140 g/mol. The molecular weight excluding hydrogens is 127 g/mol. The molecule has 0 heterocycles. The summed E-state index contributed by atoms with van der Waals surface area (Å²) in [6.45, 7) is 5.97.